The average molecular weight is 486 g/mol. The number of nitrogens with zero attached hydrogens (tertiary/aromatic N) is 3. The number of likely N-dealkylation sites (tertiary alicyclic amines) is 1. The van der Waals surface area contributed by atoms with Crippen LogP contribution in [0.5, 0.6) is 0 Å². The molecule has 1 aromatic rings. The molecule has 0 saturated carbocycles. The molecule has 2 aliphatic rings. The second-order valence-electron chi connectivity index (χ2n) is 7.96. The van der Waals surface area contributed by atoms with Crippen LogP contribution >= 0.6 is 24.0 Å². The van der Waals surface area contributed by atoms with Crippen LogP contribution < -0.4 is 5.32 Å². The molecule has 3 rings (SSSR count). The Morgan fingerprint density at radius 2 is 1.81 bits per heavy atom. The van der Waals surface area contributed by atoms with Crippen molar-refractivity contribution in [2.75, 3.05) is 46.4 Å². The van der Waals surface area contributed by atoms with Crippen molar-refractivity contribution in [3.05, 3.63) is 35.4 Å². The van der Waals surface area contributed by atoms with Gasteiger partial charge in [-0.05, 0) is 29.4 Å². The largest absolute Gasteiger partial charge is 0.379 e. The van der Waals surface area contributed by atoms with Gasteiger partial charge in [-0.2, -0.15) is 0 Å². The van der Waals surface area contributed by atoms with Crippen LogP contribution in [0, 0.1) is 11.8 Å². The lowest BCUT2D eigenvalue weighted by Gasteiger charge is -2.37. The molecule has 5 nitrogen and oxygen atoms in total. The Morgan fingerprint density at radius 3 is 2.48 bits per heavy atom. The number of piperidine rings is 1. The van der Waals surface area contributed by atoms with Gasteiger partial charge >= 0.3 is 0 Å². The molecule has 2 atom stereocenters. The fraction of sp³-hybridized carbons (Fsp3) is 0.667. The number of hydrogen-bond acceptors (Lipinski definition) is 3. The standard InChI is InChI=1S/C21H34N4O.HI/c1-17-11-18(2)15-25(14-17)21(22-3)23-13-19-5-4-6-20(12-19)16-24-7-9-26-10-8-24;/h4-6,12,17-18H,7-11,13-16H2,1-3H3,(H,22,23);1H. The molecule has 2 heterocycles. The highest BCUT2D eigenvalue weighted by molar-refractivity contribution is 14.0. The number of rotatable bonds is 4. The van der Waals surface area contributed by atoms with Crippen molar-refractivity contribution in [2.45, 2.75) is 33.4 Å². The number of guanidine groups is 1. The summed E-state index contributed by atoms with van der Waals surface area (Å²) in [5.74, 6) is 2.49. The molecule has 152 valence electrons. The van der Waals surface area contributed by atoms with E-state index in [0.717, 1.165) is 70.3 Å². The zero-order valence-corrected chi connectivity index (χ0v) is 19.3. The Hall–Kier alpha value is -0.860. The molecular weight excluding hydrogens is 451 g/mol. The maximum atomic E-state index is 5.44. The number of morpholine rings is 1. The second-order valence-corrected chi connectivity index (χ2v) is 7.96. The monoisotopic (exact) mass is 486 g/mol. The lowest BCUT2D eigenvalue weighted by molar-refractivity contribution is 0.0342. The number of hydrogen-bond donors (Lipinski definition) is 1. The van der Waals surface area contributed by atoms with Crippen molar-refractivity contribution in [3.8, 4) is 0 Å². The Balaban J connectivity index is 0.00000261. The summed E-state index contributed by atoms with van der Waals surface area (Å²) in [5, 5.41) is 3.57. The summed E-state index contributed by atoms with van der Waals surface area (Å²) in [7, 11) is 1.89. The quantitative estimate of drug-likeness (QED) is 0.403. The van der Waals surface area contributed by atoms with Crippen molar-refractivity contribution in [2.24, 2.45) is 16.8 Å². The molecule has 2 fully saturated rings. The van der Waals surface area contributed by atoms with Crippen LogP contribution in [-0.4, -0.2) is 62.2 Å². The number of aliphatic imine (C=N–C) groups is 1. The highest BCUT2D eigenvalue weighted by Crippen LogP contribution is 2.21. The third-order valence-corrected chi connectivity index (χ3v) is 5.33. The van der Waals surface area contributed by atoms with E-state index in [9.17, 15) is 0 Å². The third kappa shape index (κ3) is 6.91. The van der Waals surface area contributed by atoms with E-state index in [1.54, 1.807) is 0 Å². The Bertz CT molecular complexity index is 594. The fourth-order valence-corrected chi connectivity index (χ4v) is 4.20. The van der Waals surface area contributed by atoms with E-state index < -0.39 is 0 Å². The van der Waals surface area contributed by atoms with E-state index in [4.69, 9.17) is 4.74 Å². The predicted octanol–water partition coefficient (Wildman–Crippen LogP) is 3.19. The van der Waals surface area contributed by atoms with Crippen molar-refractivity contribution < 1.29 is 4.74 Å². The number of halogens is 1. The van der Waals surface area contributed by atoms with Gasteiger partial charge in [-0.1, -0.05) is 38.1 Å². The van der Waals surface area contributed by atoms with E-state index in [2.05, 4.69) is 58.2 Å². The van der Waals surface area contributed by atoms with Crippen molar-refractivity contribution in [1.29, 1.82) is 0 Å². The maximum absolute atomic E-state index is 5.44. The molecule has 27 heavy (non-hydrogen) atoms. The topological polar surface area (TPSA) is 40.1 Å². The van der Waals surface area contributed by atoms with Crippen LogP contribution in [0.1, 0.15) is 31.4 Å². The van der Waals surface area contributed by atoms with Gasteiger partial charge in [-0.25, -0.2) is 0 Å². The van der Waals surface area contributed by atoms with Gasteiger partial charge < -0.3 is 15.0 Å². The zero-order chi connectivity index (χ0) is 18.4. The van der Waals surface area contributed by atoms with Crippen LogP contribution in [0.15, 0.2) is 29.3 Å². The highest BCUT2D eigenvalue weighted by Gasteiger charge is 2.23. The Kier molecular flexibility index (Phi) is 9.32. The van der Waals surface area contributed by atoms with E-state index in [-0.39, 0.29) is 24.0 Å². The fourth-order valence-electron chi connectivity index (χ4n) is 4.20. The van der Waals surface area contributed by atoms with Gasteiger partial charge in [0.25, 0.3) is 0 Å². The average Bonchev–Trinajstić information content (AvgIpc) is 2.63. The highest BCUT2D eigenvalue weighted by atomic mass is 127. The van der Waals surface area contributed by atoms with Gasteiger partial charge in [-0.3, -0.25) is 9.89 Å². The minimum Gasteiger partial charge on any atom is -0.379 e. The molecule has 0 bridgehead atoms. The van der Waals surface area contributed by atoms with E-state index in [1.165, 1.54) is 17.5 Å². The first-order valence-electron chi connectivity index (χ1n) is 9.97. The third-order valence-electron chi connectivity index (χ3n) is 5.33. The number of ether oxygens (including phenoxy) is 1. The van der Waals surface area contributed by atoms with Gasteiger partial charge in [0.1, 0.15) is 0 Å². The first-order chi connectivity index (χ1) is 12.6. The number of nitrogens with one attached hydrogen (secondary N) is 1. The van der Waals surface area contributed by atoms with Crippen LogP contribution in [-0.2, 0) is 17.8 Å². The molecule has 1 N–H and O–H groups in total. The maximum Gasteiger partial charge on any atom is 0.193 e. The normalized spacial score (nSPS) is 24.4. The molecule has 0 amide bonds. The lowest BCUT2D eigenvalue weighted by Crippen LogP contribution is -2.48. The van der Waals surface area contributed by atoms with Crippen LogP contribution in [0.4, 0.5) is 0 Å². The van der Waals surface area contributed by atoms with Crippen molar-refractivity contribution >= 4 is 29.9 Å². The van der Waals surface area contributed by atoms with Gasteiger partial charge in [-0.15, -0.1) is 24.0 Å². The molecule has 6 heteroatoms. The SMILES string of the molecule is CN=C(NCc1cccc(CN2CCOCC2)c1)N1CC(C)CC(C)C1.I. The van der Waals surface area contributed by atoms with Gasteiger partial charge in [0.05, 0.1) is 13.2 Å². The molecule has 0 spiro atoms. The summed E-state index contributed by atoms with van der Waals surface area (Å²) in [6.07, 6.45) is 1.32. The Labute approximate surface area is 181 Å². The second kappa shape index (κ2) is 11.2. The van der Waals surface area contributed by atoms with Crippen molar-refractivity contribution in [3.63, 3.8) is 0 Å². The number of benzene rings is 1. The van der Waals surface area contributed by atoms with Crippen molar-refractivity contribution in [1.82, 2.24) is 15.1 Å². The van der Waals surface area contributed by atoms with E-state index in [0.29, 0.717) is 0 Å². The summed E-state index contributed by atoms with van der Waals surface area (Å²) in [6.45, 7) is 12.5. The van der Waals surface area contributed by atoms with Gasteiger partial charge in [0.15, 0.2) is 5.96 Å². The van der Waals surface area contributed by atoms with Gasteiger partial charge in [0, 0.05) is 46.3 Å². The molecule has 1 aromatic carbocycles. The molecule has 0 aliphatic carbocycles. The summed E-state index contributed by atoms with van der Waals surface area (Å²) in [4.78, 5) is 9.40. The lowest BCUT2D eigenvalue weighted by atomic mass is 9.92. The first kappa shape index (κ1) is 22.4. The smallest absolute Gasteiger partial charge is 0.193 e. The minimum absolute atomic E-state index is 0. The van der Waals surface area contributed by atoms with Crippen LogP contribution in [0.2, 0.25) is 0 Å². The summed E-state index contributed by atoms with van der Waals surface area (Å²) in [6, 6.07) is 8.91. The Morgan fingerprint density at radius 1 is 1.15 bits per heavy atom. The molecule has 2 saturated heterocycles. The molecular formula is C21H35IN4O. The predicted molar refractivity (Wildman–Crippen MR) is 123 cm³/mol. The molecule has 2 aliphatic heterocycles. The summed E-state index contributed by atoms with van der Waals surface area (Å²) < 4.78 is 5.44. The summed E-state index contributed by atoms with van der Waals surface area (Å²) in [5.41, 5.74) is 2.69. The van der Waals surface area contributed by atoms with E-state index >= 15 is 0 Å². The minimum atomic E-state index is 0. The molecule has 0 aromatic heterocycles. The first-order valence-corrected chi connectivity index (χ1v) is 9.97. The van der Waals surface area contributed by atoms with Crippen LogP contribution in [0.25, 0.3) is 0 Å². The molecule has 2 unspecified atom stereocenters. The van der Waals surface area contributed by atoms with Crippen LogP contribution in [0.3, 0.4) is 0 Å². The van der Waals surface area contributed by atoms with E-state index in [1.807, 2.05) is 7.05 Å². The summed E-state index contributed by atoms with van der Waals surface area (Å²) >= 11 is 0. The van der Waals surface area contributed by atoms with Gasteiger partial charge in [0.2, 0.25) is 0 Å². The molecule has 0 radical (unpaired) electrons. The zero-order valence-electron chi connectivity index (χ0n) is 17.0.